The van der Waals surface area contributed by atoms with Gasteiger partial charge in [0.1, 0.15) is 5.71 Å². The molecule has 0 spiro atoms. The molecule has 1 aliphatic rings. The number of para-hydroxylation sites is 1. The molecule has 1 saturated heterocycles. The number of nitrogens with one attached hydrogen (secondary N) is 1. The van der Waals surface area contributed by atoms with Gasteiger partial charge in [-0.3, -0.25) is 9.52 Å². The van der Waals surface area contributed by atoms with E-state index in [4.69, 9.17) is 5.21 Å². The summed E-state index contributed by atoms with van der Waals surface area (Å²) in [5.41, 5.74) is -5.60. The minimum Gasteiger partial charge on any atom is -0.410 e. The van der Waals surface area contributed by atoms with E-state index in [0.717, 1.165) is 0 Å². The SMILES string of the molecule is CC1C/C(=N\O)C(=O)N1Cc1ccccc1NS(=O)(=O)C(F)(F)F. The molecule has 0 aromatic heterocycles. The van der Waals surface area contributed by atoms with E-state index in [9.17, 15) is 26.4 Å². The van der Waals surface area contributed by atoms with E-state index in [2.05, 4.69) is 5.16 Å². The third-order valence-electron chi connectivity index (χ3n) is 3.56. The zero-order chi connectivity index (χ0) is 18.1. The molecule has 132 valence electrons. The molecule has 1 aliphatic heterocycles. The molecule has 1 heterocycles. The van der Waals surface area contributed by atoms with Crippen molar-refractivity contribution in [1.82, 2.24) is 4.90 Å². The quantitative estimate of drug-likeness (QED) is 0.629. The van der Waals surface area contributed by atoms with Gasteiger partial charge >= 0.3 is 15.5 Å². The van der Waals surface area contributed by atoms with Crippen molar-refractivity contribution in [1.29, 1.82) is 0 Å². The van der Waals surface area contributed by atoms with Crippen molar-refractivity contribution in [2.24, 2.45) is 5.16 Å². The van der Waals surface area contributed by atoms with Crippen molar-refractivity contribution < 1.29 is 31.6 Å². The maximum absolute atomic E-state index is 12.5. The zero-order valence-electron chi connectivity index (χ0n) is 12.4. The molecular weight excluding hydrogens is 351 g/mol. The number of amides is 1. The number of oxime groups is 1. The summed E-state index contributed by atoms with van der Waals surface area (Å²) in [6, 6.07) is 5.11. The van der Waals surface area contributed by atoms with Crippen LogP contribution in [-0.2, 0) is 21.4 Å². The van der Waals surface area contributed by atoms with Gasteiger partial charge in [-0.1, -0.05) is 23.4 Å². The lowest BCUT2D eigenvalue weighted by Crippen LogP contribution is -2.33. The molecule has 0 aliphatic carbocycles. The van der Waals surface area contributed by atoms with Crippen LogP contribution in [0.5, 0.6) is 0 Å². The van der Waals surface area contributed by atoms with Gasteiger partial charge in [-0.05, 0) is 18.6 Å². The molecule has 1 aromatic carbocycles. The van der Waals surface area contributed by atoms with Gasteiger partial charge in [-0.25, -0.2) is 0 Å². The summed E-state index contributed by atoms with van der Waals surface area (Å²) in [4.78, 5) is 13.3. The predicted molar refractivity (Wildman–Crippen MR) is 78.9 cm³/mol. The predicted octanol–water partition coefficient (Wildman–Crippen LogP) is 1.90. The standard InChI is InChI=1S/C13H14F3N3O4S/c1-8-6-11(17-21)12(20)19(8)7-9-4-2-3-5-10(9)18-24(22,23)13(14,15)16/h2-5,8,18,21H,6-7H2,1H3/b17-11+. The number of anilines is 1. The molecule has 0 bridgehead atoms. The molecule has 1 aromatic rings. The van der Waals surface area contributed by atoms with Crippen molar-refractivity contribution in [2.75, 3.05) is 4.72 Å². The van der Waals surface area contributed by atoms with E-state index in [1.807, 2.05) is 0 Å². The molecule has 1 fully saturated rings. The van der Waals surface area contributed by atoms with Gasteiger partial charge in [-0.15, -0.1) is 0 Å². The second-order valence-electron chi connectivity index (χ2n) is 5.24. The number of benzene rings is 1. The van der Waals surface area contributed by atoms with Crippen LogP contribution in [0.3, 0.4) is 0 Å². The lowest BCUT2D eigenvalue weighted by atomic mass is 10.1. The van der Waals surface area contributed by atoms with Gasteiger partial charge < -0.3 is 10.1 Å². The Hall–Kier alpha value is -2.30. The van der Waals surface area contributed by atoms with Gasteiger partial charge in [0.05, 0.1) is 5.69 Å². The van der Waals surface area contributed by atoms with E-state index in [-0.39, 0.29) is 36.0 Å². The molecule has 7 nitrogen and oxygen atoms in total. The average molecular weight is 365 g/mol. The average Bonchev–Trinajstić information content (AvgIpc) is 2.75. The van der Waals surface area contributed by atoms with Crippen molar-refractivity contribution in [3.8, 4) is 0 Å². The first-order valence-electron chi connectivity index (χ1n) is 6.75. The fourth-order valence-corrected chi connectivity index (χ4v) is 2.90. The zero-order valence-corrected chi connectivity index (χ0v) is 13.2. The van der Waals surface area contributed by atoms with Crippen LogP contribution in [0.2, 0.25) is 0 Å². The van der Waals surface area contributed by atoms with Crippen LogP contribution < -0.4 is 4.72 Å². The molecule has 2 N–H and O–H groups in total. The molecule has 0 saturated carbocycles. The first-order valence-corrected chi connectivity index (χ1v) is 8.24. The number of sulfonamides is 1. The Kier molecular flexibility index (Phi) is 4.74. The van der Waals surface area contributed by atoms with Gasteiger partial charge in [0.2, 0.25) is 0 Å². The van der Waals surface area contributed by atoms with Crippen LogP contribution in [0, 0.1) is 0 Å². The molecule has 0 radical (unpaired) electrons. The van der Waals surface area contributed by atoms with Crippen LogP contribution in [-0.4, -0.2) is 41.7 Å². The van der Waals surface area contributed by atoms with Crippen LogP contribution in [0.15, 0.2) is 29.4 Å². The Balaban J connectivity index is 2.29. The van der Waals surface area contributed by atoms with Crippen molar-refractivity contribution >= 4 is 27.3 Å². The first-order chi connectivity index (χ1) is 11.1. The van der Waals surface area contributed by atoms with E-state index < -0.39 is 21.4 Å². The number of carbonyl (C=O) groups excluding carboxylic acids is 1. The number of halogens is 3. The van der Waals surface area contributed by atoms with Gasteiger partial charge in [0.25, 0.3) is 5.91 Å². The lowest BCUT2D eigenvalue weighted by molar-refractivity contribution is -0.124. The van der Waals surface area contributed by atoms with E-state index in [1.165, 1.54) is 33.9 Å². The molecular formula is C13H14F3N3O4S. The van der Waals surface area contributed by atoms with E-state index in [1.54, 1.807) is 6.92 Å². The second kappa shape index (κ2) is 6.30. The highest BCUT2D eigenvalue weighted by Gasteiger charge is 2.46. The molecule has 11 heteroatoms. The van der Waals surface area contributed by atoms with Gasteiger partial charge in [0, 0.05) is 19.0 Å². The van der Waals surface area contributed by atoms with Gasteiger partial charge in [-0.2, -0.15) is 21.6 Å². The highest BCUT2D eigenvalue weighted by atomic mass is 32.2. The minimum atomic E-state index is -5.57. The summed E-state index contributed by atoms with van der Waals surface area (Å²) in [5, 5.41) is 11.6. The maximum Gasteiger partial charge on any atom is 0.516 e. The molecule has 1 atom stereocenters. The number of carbonyl (C=O) groups is 1. The number of alkyl halides is 3. The smallest absolute Gasteiger partial charge is 0.410 e. The fraction of sp³-hybridized carbons (Fsp3) is 0.385. The number of rotatable bonds is 4. The van der Waals surface area contributed by atoms with Crippen LogP contribution in [0.1, 0.15) is 18.9 Å². The Morgan fingerprint density at radius 3 is 2.54 bits per heavy atom. The van der Waals surface area contributed by atoms with E-state index in [0.29, 0.717) is 0 Å². The molecule has 2 rings (SSSR count). The number of hydrogen-bond acceptors (Lipinski definition) is 5. The summed E-state index contributed by atoms with van der Waals surface area (Å²) < 4.78 is 61.6. The number of nitrogens with zero attached hydrogens (tertiary/aromatic N) is 2. The number of likely N-dealkylation sites (tertiary alicyclic amines) is 1. The van der Waals surface area contributed by atoms with Crippen molar-refractivity contribution in [3.05, 3.63) is 29.8 Å². The normalized spacial score (nSPS) is 20.7. The summed E-state index contributed by atoms with van der Waals surface area (Å²) in [7, 11) is -5.57. The highest BCUT2D eigenvalue weighted by molar-refractivity contribution is 7.93. The van der Waals surface area contributed by atoms with E-state index >= 15 is 0 Å². The third-order valence-corrected chi connectivity index (χ3v) is 4.65. The van der Waals surface area contributed by atoms with Crippen molar-refractivity contribution in [2.45, 2.75) is 31.4 Å². The second-order valence-corrected chi connectivity index (χ2v) is 6.92. The number of hydrogen-bond donors (Lipinski definition) is 2. The highest BCUT2D eigenvalue weighted by Crippen LogP contribution is 2.28. The summed E-state index contributed by atoms with van der Waals surface area (Å²) in [6.45, 7) is 1.55. The Morgan fingerprint density at radius 2 is 2.00 bits per heavy atom. The molecule has 1 amide bonds. The Labute approximate surface area is 135 Å². The monoisotopic (exact) mass is 365 g/mol. The van der Waals surface area contributed by atoms with Crippen LogP contribution in [0.25, 0.3) is 0 Å². The minimum absolute atomic E-state index is 0.0594. The Bertz CT molecular complexity index is 777. The first kappa shape index (κ1) is 18.0. The summed E-state index contributed by atoms with van der Waals surface area (Å²) in [6.07, 6.45) is 0.186. The molecule has 24 heavy (non-hydrogen) atoms. The largest absolute Gasteiger partial charge is 0.516 e. The Morgan fingerprint density at radius 1 is 1.38 bits per heavy atom. The van der Waals surface area contributed by atoms with Crippen LogP contribution >= 0.6 is 0 Å². The molecule has 1 unspecified atom stereocenters. The van der Waals surface area contributed by atoms with Gasteiger partial charge in [0.15, 0.2) is 0 Å². The van der Waals surface area contributed by atoms with Crippen molar-refractivity contribution in [3.63, 3.8) is 0 Å². The topological polar surface area (TPSA) is 99.1 Å². The fourth-order valence-electron chi connectivity index (χ4n) is 2.30. The third kappa shape index (κ3) is 3.45. The summed E-state index contributed by atoms with van der Waals surface area (Å²) in [5.74, 6) is -0.557. The lowest BCUT2D eigenvalue weighted by Gasteiger charge is -2.22. The summed E-state index contributed by atoms with van der Waals surface area (Å²) >= 11 is 0. The van der Waals surface area contributed by atoms with Crippen LogP contribution in [0.4, 0.5) is 18.9 Å². The maximum atomic E-state index is 12.5.